The lowest BCUT2D eigenvalue weighted by Gasteiger charge is -2.32. The van der Waals surface area contributed by atoms with Gasteiger partial charge in [0.15, 0.2) is 0 Å². The molecule has 7 nitrogen and oxygen atoms in total. The average Bonchev–Trinajstić information content (AvgIpc) is 2.40. The van der Waals surface area contributed by atoms with Gasteiger partial charge in [0.1, 0.15) is 0 Å². The molecular formula is C11H17N5O2. The maximum Gasteiger partial charge on any atom is 0.338 e. The third-order valence-corrected chi connectivity index (χ3v) is 2.79. The van der Waals surface area contributed by atoms with Crippen molar-refractivity contribution in [2.24, 2.45) is 0 Å². The van der Waals surface area contributed by atoms with Crippen LogP contribution in [0.3, 0.4) is 0 Å². The fourth-order valence-electron chi connectivity index (χ4n) is 2.04. The molecule has 0 bridgehead atoms. The zero-order valence-corrected chi connectivity index (χ0v) is 10.3. The van der Waals surface area contributed by atoms with Crippen LogP contribution in [-0.2, 0) is 4.84 Å². The lowest BCUT2D eigenvalue weighted by molar-refractivity contribution is 0.105. The summed E-state index contributed by atoms with van der Waals surface area (Å²) in [6.45, 7) is 1.62. The molecule has 2 heterocycles. The molecule has 2 rings (SSSR count). The third kappa shape index (κ3) is 3.30. The standard InChI is InChI=1S/C11H17N5O2/c1-18-15-11(17)14-9-4-2-7-16(8-9)10-12-5-3-6-13-10/h3,5-6,9H,2,4,7-8H2,1H3,(H2,14,15,17). The lowest BCUT2D eigenvalue weighted by atomic mass is 10.1. The molecule has 1 fully saturated rings. The van der Waals surface area contributed by atoms with Crippen molar-refractivity contribution < 1.29 is 9.63 Å². The Morgan fingerprint density at radius 2 is 2.28 bits per heavy atom. The van der Waals surface area contributed by atoms with Gasteiger partial charge in [-0.25, -0.2) is 20.2 Å². The number of hydrogen-bond acceptors (Lipinski definition) is 5. The first-order valence-corrected chi connectivity index (χ1v) is 5.91. The van der Waals surface area contributed by atoms with Gasteiger partial charge in [-0.05, 0) is 18.9 Å². The Morgan fingerprint density at radius 3 is 3.00 bits per heavy atom. The summed E-state index contributed by atoms with van der Waals surface area (Å²) in [5.74, 6) is 0.705. The van der Waals surface area contributed by atoms with E-state index in [1.54, 1.807) is 18.5 Å². The summed E-state index contributed by atoms with van der Waals surface area (Å²) in [5.41, 5.74) is 2.25. The van der Waals surface area contributed by atoms with Gasteiger partial charge in [0.05, 0.1) is 7.11 Å². The highest BCUT2D eigenvalue weighted by atomic mass is 16.6. The molecule has 0 aliphatic carbocycles. The van der Waals surface area contributed by atoms with Gasteiger partial charge >= 0.3 is 6.03 Å². The molecule has 0 spiro atoms. The van der Waals surface area contributed by atoms with E-state index < -0.39 is 0 Å². The second-order valence-electron chi connectivity index (χ2n) is 4.11. The van der Waals surface area contributed by atoms with E-state index in [-0.39, 0.29) is 12.1 Å². The van der Waals surface area contributed by atoms with Crippen LogP contribution < -0.4 is 15.7 Å². The van der Waals surface area contributed by atoms with Crippen LogP contribution in [0, 0.1) is 0 Å². The molecule has 1 unspecified atom stereocenters. The topological polar surface area (TPSA) is 79.4 Å². The van der Waals surface area contributed by atoms with Gasteiger partial charge in [-0.3, -0.25) is 4.84 Å². The van der Waals surface area contributed by atoms with Crippen molar-refractivity contribution in [3.8, 4) is 0 Å². The van der Waals surface area contributed by atoms with E-state index in [0.717, 1.165) is 19.4 Å². The maximum absolute atomic E-state index is 11.4. The molecule has 0 saturated carbocycles. The Morgan fingerprint density at radius 1 is 1.50 bits per heavy atom. The Hall–Kier alpha value is -1.89. The molecule has 1 aromatic rings. The number of carbonyl (C=O) groups is 1. The van der Waals surface area contributed by atoms with Crippen LogP contribution in [0.5, 0.6) is 0 Å². The Kier molecular flexibility index (Phi) is 4.30. The molecule has 1 atom stereocenters. The SMILES string of the molecule is CONC(=O)NC1CCCN(c2ncccn2)C1. The van der Waals surface area contributed by atoms with Crippen LogP contribution in [0.2, 0.25) is 0 Å². The van der Waals surface area contributed by atoms with Crippen molar-refractivity contribution in [1.82, 2.24) is 20.8 Å². The zero-order chi connectivity index (χ0) is 12.8. The molecule has 0 radical (unpaired) electrons. The van der Waals surface area contributed by atoms with E-state index in [1.807, 2.05) is 0 Å². The fraction of sp³-hybridized carbons (Fsp3) is 0.545. The van der Waals surface area contributed by atoms with Crippen molar-refractivity contribution in [3.63, 3.8) is 0 Å². The minimum Gasteiger partial charge on any atom is -0.339 e. The molecule has 2 N–H and O–H groups in total. The van der Waals surface area contributed by atoms with Crippen LogP contribution in [0.25, 0.3) is 0 Å². The summed E-state index contributed by atoms with van der Waals surface area (Å²) in [6.07, 6.45) is 5.38. The molecule has 98 valence electrons. The van der Waals surface area contributed by atoms with Crippen molar-refractivity contribution >= 4 is 12.0 Å². The predicted molar refractivity (Wildman–Crippen MR) is 65.9 cm³/mol. The van der Waals surface area contributed by atoms with Crippen molar-refractivity contribution in [3.05, 3.63) is 18.5 Å². The summed E-state index contributed by atoms with van der Waals surface area (Å²) in [7, 11) is 1.41. The number of rotatable bonds is 3. The van der Waals surface area contributed by atoms with Crippen LogP contribution in [0.4, 0.5) is 10.7 Å². The second kappa shape index (κ2) is 6.15. The number of piperidine rings is 1. The van der Waals surface area contributed by atoms with Gasteiger partial charge < -0.3 is 10.2 Å². The van der Waals surface area contributed by atoms with Gasteiger partial charge in [0.2, 0.25) is 5.95 Å². The molecule has 2 amide bonds. The number of hydrogen-bond donors (Lipinski definition) is 2. The first kappa shape index (κ1) is 12.6. The maximum atomic E-state index is 11.4. The van der Waals surface area contributed by atoms with Gasteiger partial charge in [0, 0.05) is 31.5 Å². The summed E-state index contributed by atoms with van der Waals surface area (Å²) in [6, 6.07) is 1.55. The van der Waals surface area contributed by atoms with Crippen molar-refractivity contribution in [2.45, 2.75) is 18.9 Å². The van der Waals surface area contributed by atoms with E-state index in [0.29, 0.717) is 12.5 Å². The van der Waals surface area contributed by atoms with Crippen LogP contribution in [0.1, 0.15) is 12.8 Å². The van der Waals surface area contributed by atoms with Gasteiger partial charge in [-0.15, -0.1) is 0 Å². The van der Waals surface area contributed by atoms with Gasteiger partial charge in [-0.1, -0.05) is 0 Å². The summed E-state index contributed by atoms with van der Waals surface area (Å²) >= 11 is 0. The third-order valence-electron chi connectivity index (χ3n) is 2.79. The van der Waals surface area contributed by atoms with Crippen molar-refractivity contribution in [2.75, 3.05) is 25.1 Å². The number of nitrogens with one attached hydrogen (secondary N) is 2. The normalized spacial score (nSPS) is 19.4. The number of carbonyl (C=O) groups excluding carboxylic acids is 1. The highest BCUT2D eigenvalue weighted by molar-refractivity contribution is 5.73. The molecule has 1 aliphatic rings. The lowest BCUT2D eigenvalue weighted by Crippen LogP contribution is -2.50. The Bertz CT molecular complexity index is 386. The summed E-state index contributed by atoms with van der Waals surface area (Å²) in [5, 5.41) is 2.85. The fourth-order valence-corrected chi connectivity index (χ4v) is 2.04. The van der Waals surface area contributed by atoms with E-state index in [4.69, 9.17) is 0 Å². The van der Waals surface area contributed by atoms with E-state index in [1.165, 1.54) is 7.11 Å². The monoisotopic (exact) mass is 251 g/mol. The zero-order valence-electron chi connectivity index (χ0n) is 10.3. The number of nitrogens with zero attached hydrogens (tertiary/aromatic N) is 3. The molecule has 0 aromatic carbocycles. The van der Waals surface area contributed by atoms with Crippen LogP contribution in [0.15, 0.2) is 18.5 Å². The minimum atomic E-state index is -0.321. The largest absolute Gasteiger partial charge is 0.339 e. The predicted octanol–water partition coefficient (Wildman–Crippen LogP) is 0.306. The first-order chi connectivity index (χ1) is 8.79. The van der Waals surface area contributed by atoms with Crippen LogP contribution >= 0.6 is 0 Å². The highest BCUT2D eigenvalue weighted by Crippen LogP contribution is 2.14. The van der Waals surface area contributed by atoms with E-state index >= 15 is 0 Å². The highest BCUT2D eigenvalue weighted by Gasteiger charge is 2.22. The average molecular weight is 251 g/mol. The Labute approximate surface area is 106 Å². The second-order valence-corrected chi connectivity index (χ2v) is 4.11. The summed E-state index contributed by atoms with van der Waals surface area (Å²) < 4.78 is 0. The Balaban J connectivity index is 1.91. The quantitative estimate of drug-likeness (QED) is 0.756. The number of aromatic nitrogens is 2. The van der Waals surface area contributed by atoms with Crippen LogP contribution in [-0.4, -0.2) is 42.2 Å². The van der Waals surface area contributed by atoms with Gasteiger partial charge in [0.25, 0.3) is 0 Å². The molecule has 1 saturated heterocycles. The number of amides is 2. The number of hydroxylamine groups is 1. The number of urea groups is 1. The van der Waals surface area contributed by atoms with E-state index in [9.17, 15) is 4.79 Å². The van der Waals surface area contributed by atoms with E-state index in [2.05, 4.69) is 30.5 Å². The van der Waals surface area contributed by atoms with Crippen molar-refractivity contribution in [1.29, 1.82) is 0 Å². The molecule has 18 heavy (non-hydrogen) atoms. The molecule has 1 aromatic heterocycles. The molecule has 7 heteroatoms. The number of anilines is 1. The van der Waals surface area contributed by atoms with Gasteiger partial charge in [-0.2, -0.15) is 0 Å². The minimum absolute atomic E-state index is 0.0812. The smallest absolute Gasteiger partial charge is 0.338 e. The summed E-state index contributed by atoms with van der Waals surface area (Å²) in [4.78, 5) is 26.4. The molecule has 1 aliphatic heterocycles. The molecular weight excluding hydrogens is 234 g/mol. The first-order valence-electron chi connectivity index (χ1n) is 5.91.